The van der Waals surface area contributed by atoms with Crippen molar-refractivity contribution in [3.8, 4) is 0 Å². The van der Waals surface area contributed by atoms with Gasteiger partial charge in [-0.2, -0.15) is 0 Å². The highest BCUT2D eigenvalue weighted by molar-refractivity contribution is 6.03. The van der Waals surface area contributed by atoms with Crippen LogP contribution in [-0.2, 0) is 27.2 Å². The molecule has 2 aromatic rings. The molecule has 1 aromatic carbocycles. The molecule has 3 N–H and O–H groups in total. The van der Waals surface area contributed by atoms with Crippen molar-refractivity contribution in [2.75, 3.05) is 36.1 Å². The number of nitrogens with one attached hydrogen (secondary N) is 1. The van der Waals surface area contributed by atoms with Gasteiger partial charge in [0.15, 0.2) is 0 Å². The Morgan fingerprint density at radius 3 is 2.75 bits per heavy atom. The Balaban J connectivity index is 1.60. The summed E-state index contributed by atoms with van der Waals surface area (Å²) in [7, 11) is 0. The number of anilines is 2. The van der Waals surface area contributed by atoms with Gasteiger partial charge in [-0.05, 0) is 11.6 Å². The smallest absolute Gasteiger partial charge is 0.252 e. The van der Waals surface area contributed by atoms with Crippen molar-refractivity contribution in [1.29, 1.82) is 0 Å². The highest BCUT2D eigenvalue weighted by Gasteiger charge is 2.37. The molecule has 146 valence electrons. The summed E-state index contributed by atoms with van der Waals surface area (Å²) >= 11 is 0. The maximum absolute atomic E-state index is 13.0. The first kappa shape index (κ1) is 18.2. The van der Waals surface area contributed by atoms with Gasteiger partial charge < -0.3 is 20.4 Å². The summed E-state index contributed by atoms with van der Waals surface area (Å²) in [6.45, 7) is 2.39. The number of carbonyl (C=O) groups is 2. The Bertz CT molecular complexity index is 967. The second-order valence-electron chi connectivity index (χ2n) is 6.84. The van der Waals surface area contributed by atoms with Crippen molar-refractivity contribution in [3.63, 3.8) is 0 Å². The van der Waals surface area contributed by atoms with E-state index in [1.54, 1.807) is 6.07 Å². The number of aromatic nitrogens is 2. The zero-order valence-corrected chi connectivity index (χ0v) is 15.3. The molecule has 1 unspecified atom stereocenters. The molecule has 4 rings (SSSR count). The minimum atomic E-state index is -0.737. The molecular weight excluding hydrogens is 362 g/mol. The topological polar surface area (TPSA) is 122 Å². The van der Waals surface area contributed by atoms with Gasteiger partial charge in [0, 0.05) is 31.3 Å². The Labute approximate surface area is 161 Å². The number of benzene rings is 1. The maximum atomic E-state index is 13.0. The zero-order chi connectivity index (χ0) is 19.7. The molecule has 0 radical (unpaired) electrons. The van der Waals surface area contributed by atoms with E-state index in [4.69, 9.17) is 10.5 Å². The van der Waals surface area contributed by atoms with Gasteiger partial charge in [-0.15, -0.1) is 0 Å². The minimum absolute atomic E-state index is 0.133. The average molecular weight is 383 g/mol. The van der Waals surface area contributed by atoms with Gasteiger partial charge >= 0.3 is 0 Å². The molecule has 1 atom stereocenters. The highest BCUT2D eigenvalue weighted by atomic mass is 16.5. The molecule has 0 aliphatic carbocycles. The van der Waals surface area contributed by atoms with Crippen LogP contribution in [-0.4, -0.2) is 54.1 Å². The van der Waals surface area contributed by atoms with Crippen molar-refractivity contribution >= 4 is 23.3 Å². The predicted octanol–water partition coefficient (Wildman–Crippen LogP) is -0.408. The molecule has 28 heavy (non-hydrogen) atoms. The number of para-hydroxylation sites is 1. The first-order valence-electron chi connectivity index (χ1n) is 9.15. The van der Waals surface area contributed by atoms with E-state index in [0.29, 0.717) is 44.2 Å². The molecule has 9 heteroatoms. The SMILES string of the molecule is NC(=O)C1Cc2ccccc2N1C(=O)Cc1nc(N2CCOCC2)cc(=O)[nH]1. The van der Waals surface area contributed by atoms with Crippen molar-refractivity contribution in [2.45, 2.75) is 18.9 Å². The van der Waals surface area contributed by atoms with Gasteiger partial charge in [0.25, 0.3) is 5.56 Å². The summed E-state index contributed by atoms with van der Waals surface area (Å²) in [5.74, 6) is -0.126. The third kappa shape index (κ3) is 3.48. The van der Waals surface area contributed by atoms with Crippen LogP contribution in [0.1, 0.15) is 11.4 Å². The molecule has 0 spiro atoms. The Morgan fingerprint density at radius 2 is 2.00 bits per heavy atom. The summed E-state index contributed by atoms with van der Waals surface area (Å²) in [4.78, 5) is 47.4. The Kier molecular flexibility index (Phi) is 4.82. The number of carbonyl (C=O) groups excluding carboxylic acids is 2. The summed E-state index contributed by atoms with van der Waals surface area (Å²) in [5.41, 5.74) is 6.75. The molecule has 1 saturated heterocycles. The van der Waals surface area contributed by atoms with Crippen LogP contribution in [0.4, 0.5) is 11.5 Å². The van der Waals surface area contributed by atoms with Crippen LogP contribution in [0, 0.1) is 0 Å². The molecule has 1 aromatic heterocycles. The van der Waals surface area contributed by atoms with Crippen LogP contribution in [0.2, 0.25) is 0 Å². The van der Waals surface area contributed by atoms with Crippen molar-refractivity contribution in [3.05, 3.63) is 52.1 Å². The quantitative estimate of drug-likeness (QED) is 0.740. The van der Waals surface area contributed by atoms with E-state index in [1.165, 1.54) is 11.0 Å². The number of primary amides is 1. The zero-order valence-electron chi connectivity index (χ0n) is 15.3. The lowest BCUT2D eigenvalue weighted by atomic mass is 10.1. The Morgan fingerprint density at radius 1 is 1.25 bits per heavy atom. The van der Waals surface area contributed by atoms with Crippen LogP contribution in [0.25, 0.3) is 0 Å². The molecule has 2 amide bonds. The monoisotopic (exact) mass is 383 g/mol. The second-order valence-corrected chi connectivity index (χ2v) is 6.84. The highest BCUT2D eigenvalue weighted by Crippen LogP contribution is 2.32. The van der Waals surface area contributed by atoms with Gasteiger partial charge in [-0.3, -0.25) is 19.3 Å². The van der Waals surface area contributed by atoms with E-state index in [9.17, 15) is 14.4 Å². The number of H-pyrrole nitrogens is 1. The summed E-state index contributed by atoms with van der Waals surface area (Å²) in [6.07, 6.45) is 0.251. The number of amides is 2. The number of hydrogen-bond donors (Lipinski definition) is 2. The maximum Gasteiger partial charge on any atom is 0.252 e. The summed E-state index contributed by atoms with van der Waals surface area (Å²) in [6, 6.07) is 8.00. The second kappa shape index (κ2) is 7.43. The fourth-order valence-corrected chi connectivity index (χ4v) is 3.68. The number of nitrogens with zero attached hydrogens (tertiary/aromatic N) is 3. The van der Waals surface area contributed by atoms with Crippen molar-refractivity contribution in [2.24, 2.45) is 5.73 Å². The largest absolute Gasteiger partial charge is 0.378 e. The fraction of sp³-hybridized carbons (Fsp3) is 0.368. The predicted molar refractivity (Wildman–Crippen MR) is 102 cm³/mol. The molecule has 2 aliphatic heterocycles. The number of nitrogens with two attached hydrogens (primary N) is 1. The number of hydrogen-bond acceptors (Lipinski definition) is 6. The molecular formula is C19H21N5O4. The number of rotatable bonds is 4. The standard InChI is InChI=1S/C19H21N5O4/c20-19(27)14-9-12-3-1-2-4-13(12)24(14)18(26)10-15-21-16(11-17(25)22-15)23-5-7-28-8-6-23/h1-4,11,14H,5-10H2,(H2,20,27)(H,21,22,25). The molecule has 3 heterocycles. The third-order valence-electron chi connectivity index (χ3n) is 5.00. The number of fused-ring (bicyclic) bond motifs is 1. The first-order valence-corrected chi connectivity index (χ1v) is 9.15. The Hall–Kier alpha value is -3.20. The number of aromatic amines is 1. The lowest BCUT2D eigenvalue weighted by Crippen LogP contribution is -2.47. The van der Waals surface area contributed by atoms with Crippen LogP contribution in [0.15, 0.2) is 35.1 Å². The molecule has 0 saturated carbocycles. The van der Waals surface area contributed by atoms with E-state index < -0.39 is 11.9 Å². The van der Waals surface area contributed by atoms with E-state index in [2.05, 4.69) is 9.97 Å². The van der Waals surface area contributed by atoms with Gasteiger partial charge in [0.1, 0.15) is 17.7 Å². The molecule has 2 aliphatic rings. The summed E-state index contributed by atoms with van der Waals surface area (Å²) < 4.78 is 5.32. The number of morpholine rings is 1. The third-order valence-corrected chi connectivity index (χ3v) is 5.00. The fourth-order valence-electron chi connectivity index (χ4n) is 3.68. The van der Waals surface area contributed by atoms with Gasteiger partial charge in [-0.25, -0.2) is 4.98 Å². The van der Waals surface area contributed by atoms with Gasteiger partial charge in [-0.1, -0.05) is 18.2 Å². The first-order chi connectivity index (χ1) is 13.5. The average Bonchev–Trinajstić information content (AvgIpc) is 3.08. The van der Waals surface area contributed by atoms with Crippen LogP contribution < -0.4 is 21.1 Å². The van der Waals surface area contributed by atoms with Crippen molar-refractivity contribution < 1.29 is 14.3 Å². The van der Waals surface area contributed by atoms with E-state index in [-0.39, 0.29) is 23.7 Å². The number of ether oxygens (including phenoxy) is 1. The lowest BCUT2D eigenvalue weighted by molar-refractivity contribution is -0.124. The van der Waals surface area contributed by atoms with Crippen molar-refractivity contribution in [1.82, 2.24) is 9.97 Å². The van der Waals surface area contributed by atoms with Crippen LogP contribution in [0.3, 0.4) is 0 Å². The van der Waals surface area contributed by atoms with Gasteiger partial charge in [0.05, 0.1) is 19.6 Å². The minimum Gasteiger partial charge on any atom is -0.378 e. The van der Waals surface area contributed by atoms with Crippen LogP contribution >= 0.6 is 0 Å². The normalized spacial score (nSPS) is 18.8. The summed E-state index contributed by atoms with van der Waals surface area (Å²) in [5, 5.41) is 0. The van der Waals surface area contributed by atoms with E-state index >= 15 is 0 Å². The molecule has 9 nitrogen and oxygen atoms in total. The van der Waals surface area contributed by atoms with Gasteiger partial charge in [0.2, 0.25) is 11.8 Å². The molecule has 0 bridgehead atoms. The van der Waals surface area contributed by atoms with E-state index in [0.717, 1.165) is 5.56 Å². The van der Waals surface area contributed by atoms with E-state index in [1.807, 2.05) is 23.1 Å². The lowest BCUT2D eigenvalue weighted by Gasteiger charge is -2.28. The molecule has 1 fully saturated rings. The van der Waals surface area contributed by atoms with Crippen LogP contribution in [0.5, 0.6) is 0 Å².